The highest BCUT2D eigenvalue weighted by Crippen LogP contribution is 2.23. The van der Waals surface area contributed by atoms with Crippen LogP contribution < -0.4 is 10.2 Å². The molecular weight excluding hydrogens is 328 g/mol. The van der Waals surface area contributed by atoms with Gasteiger partial charge in [-0.1, -0.05) is 30.3 Å². The zero-order chi connectivity index (χ0) is 17.8. The van der Waals surface area contributed by atoms with Crippen molar-refractivity contribution >= 4 is 17.3 Å². The monoisotopic (exact) mass is 348 g/mol. The van der Waals surface area contributed by atoms with Crippen molar-refractivity contribution in [2.24, 2.45) is 0 Å². The summed E-state index contributed by atoms with van der Waals surface area (Å²) in [5.74, 6) is 1.35. The number of hydrogen-bond acceptors (Lipinski definition) is 5. The summed E-state index contributed by atoms with van der Waals surface area (Å²) in [5.41, 5.74) is 3.03. The third-order valence-corrected chi connectivity index (χ3v) is 4.40. The SMILES string of the molecule is O=C1CCCN1c1ccc(NCc2nnc(Cc3ccccc3)o2)cc1. The van der Waals surface area contributed by atoms with E-state index in [4.69, 9.17) is 4.42 Å². The lowest BCUT2D eigenvalue weighted by Crippen LogP contribution is -2.23. The van der Waals surface area contributed by atoms with E-state index < -0.39 is 0 Å². The summed E-state index contributed by atoms with van der Waals surface area (Å²) in [6.07, 6.45) is 2.20. The molecule has 0 aliphatic carbocycles. The summed E-state index contributed by atoms with van der Waals surface area (Å²) < 4.78 is 5.69. The predicted molar refractivity (Wildman–Crippen MR) is 98.9 cm³/mol. The summed E-state index contributed by atoms with van der Waals surface area (Å²) >= 11 is 0. The number of nitrogens with one attached hydrogen (secondary N) is 1. The van der Waals surface area contributed by atoms with Gasteiger partial charge in [-0.2, -0.15) is 0 Å². The lowest BCUT2D eigenvalue weighted by atomic mass is 10.2. The van der Waals surface area contributed by atoms with E-state index in [1.54, 1.807) is 0 Å². The highest BCUT2D eigenvalue weighted by molar-refractivity contribution is 5.95. The van der Waals surface area contributed by atoms with Crippen molar-refractivity contribution in [3.8, 4) is 0 Å². The molecule has 6 heteroatoms. The largest absolute Gasteiger partial charge is 0.423 e. The first-order valence-corrected chi connectivity index (χ1v) is 8.77. The lowest BCUT2D eigenvalue weighted by molar-refractivity contribution is -0.117. The molecule has 132 valence electrons. The van der Waals surface area contributed by atoms with Crippen LogP contribution in [0.2, 0.25) is 0 Å². The molecule has 0 atom stereocenters. The van der Waals surface area contributed by atoms with Crippen LogP contribution in [0.3, 0.4) is 0 Å². The maximum Gasteiger partial charge on any atom is 0.235 e. The Balaban J connectivity index is 1.33. The third-order valence-electron chi connectivity index (χ3n) is 4.40. The molecule has 0 saturated carbocycles. The average molecular weight is 348 g/mol. The Labute approximate surface area is 151 Å². The van der Waals surface area contributed by atoms with Crippen LogP contribution in [0, 0.1) is 0 Å². The van der Waals surface area contributed by atoms with E-state index in [9.17, 15) is 4.79 Å². The minimum atomic E-state index is 0.197. The maximum atomic E-state index is 11.8. The fraction of sp³-hybridized carbons (Fsp3) is 0.250. The number of amides is 1. The molecule has 2 heterocycles. The number of anilines is 2. The third kappa shape index (κ3) is 3.74. The zero-order valence-corrected chi connectivity index (χ0v) is 14.4. The minimum Gasteiger partial charge on any atom is -0.423 e. The van der Waals surface area contributed by atoms with E-state index in [2.05, 4.69) is 15.5 Å². The van der Waals surface area contributed by atoms with Crippen molar-refractivity contribution in [3.05, 3.63) is 71.9 Å². The molecule has 6 nitrogen and oxygen atoms in total. The van der Waals surface area contributed by atoms with E-state index in [0.29, 0.717) is 31.2 Å². The average Bonchev–Trinajstić information content (AvgIpc) is 3.30. The van der Waals surface area contributed by atoms with Crippen LogP contribution >= 0.6 is 0 Å². The number of rotatable bonds is 6. The Morgan fingerprint density at radius 2 is 1.77 bits per heavy atom. The van der Waals surface area contributed by atoms with Gasteiger partial charge in [0.15, 0.2) is 0 Å². The maximum absolute atomic E-state index is 11.8. The van der Waals surface area contributed by atoms with Crippen LogP contribution in [0.5, 0.6) is 0 Å². The Bertz CT molecular complexity index is 874. The molecule has 0 spiro atoms. The first kappa shape index (κ1) is 16.3. The molecule has 2 aromatic carbocycles. The van der Waals surface area contributed by atoms with Crippen LogP contribution in [-0.2, 0) is 17.8 Å². The van der Waals surface area contributed by atoms with Gasteiger partial charge in [0.05, 0.1) is 13.0 Å². The topological polar surface area (TPSA) is 71.3 Å². The second-order valence-corrected chi connectivity index (χ2v) is 6.30. The van der Waals surface area contributed by atoms with Gasteiger partial charge in [-0.15, -0.1) is 10.2 Å². The van der Waals surface area contributed by atoms with Crippen molar-refractivity contribution in [3.63, 3.8) is 0 Å². The fourth-order valence-electron chi connectivity index (χ4n) is 3.06. The van der Waals surface area contributed by atoms with Crippen molar-refractivity contribution in [2.45, 2.75) is 25.8 Å². The van der Waals surface area contributed by atoms with Gasteiger partial charge < -0.3 is 14.6 Å². The van der Waals surface area contributed by atoms with Gasteiger partial charge in [0, 0.05) is 24.3 Å². The molecule has 1 N–H and O–H groups in total. The Hall–Kier alpha value is -3.15. The van der Waals surface area contributed by atoms with Crippen molar-refractivity contribution in [2.75, 3.05) is 16.8 Å². The lowest BCUT2D eigenvalue weighted by Gasteiger charge is -2.16. The van der Waals surface area contributed by atoms with Gasteiger partial charge in [0.1, 0.15) is 0 Å². The highest BCUT2D eigenvalue weighted by Gasteiger charge is 2.21. The second-order valence-electron chi connectivity index (χ2n) is 6.30. The van der Waals surface area contributed by atoms with Crippen LogP contribution in [0.25, 0.3) is 0 Å². The normalized spacial score (nSPS) is 14.0. The van der Waals surface area contributed by atoms with Crippen LogP contribution in [0.15, 0.2) is 59.0 Å². The standard InChI is InChI=1S/C20H20N4O2/c25-20-7-4-12-24(20)17-10-8-16(9-11-17)21-14-19-23-22-18(26-19)13-15-5-2-1-3-6-15/h1-3,5-6,8-11,21H,4,7,12-14H2. The smallest absolute Gasteiger partial charge is 0.235 e. The number of nitrogens with zero attached hydrogens (tertiary/aromatic N) is 3. The molecule has 0 radical (unpaired) electrons. The van der Waals surface area contributed by atoms with E-state index >= 15 is 0 Å². The van der Waals surface area contributed by atoms with Gasteiger partial charge in [0.25, 0.3) is 0 Å². The molecule has 3 aromatic rings. The van der Waals surface area contributed by atoms with Gasteiger partial charge >= 0.3 is 0 Å². The summed E-state index contributed by atoms with van der Waals surface area (Å²) in [6, 6.07) is 17.9. The molecular formula is C20H20N4O2. The van der Waals surface area contributed by atoms with Gasteiger partial charge in [-0.3, -0.25) is 4.79 Å². The summed E-state index contributed by atoms with van der Waals surface area (Å²) in [7, 11) is 0. The quantitative estimate of drug-likeness (QED) is 0.739. The van der Waals surface area contributed by atoms with E-state index in [-0.39, 0.29) is 5.91 Å². The minimum absolute atomic E-state index is 0.197. The van der Waals surface area contributed by atoms with Crippen LogP contribution in [0.1, 0.15) is 30.2 Å². The zero-order valence-electron chi connectivity index (χ0n) is 14.4. The molecule has 1 aliphatic rings. The molecule has 1 aliphatic heterocycles. The van der Waals surface area contributed by atoms with E-state index in [0.717, 1.165) is 29.9 Å². The number of carbonyl (C=O) groups is 1. The summed E-state index contributed by atoms with van der Waals surface area (Å²) in [6.45, 7) is 1.27. The van der Waals surface area contributed by atoms with E-state index in [1.165, 1.54) is 0 Å². The molecule has 0 unspecified atom stereocenters. The molecule has 26 heavy (non-hydrogen) atoms. The van der Waals surface area contributed by atoms with Crippen LogP contribution in [0.4, 0.5) is 11.4 Å². The van der Waals surface area contributed by atoms with Gasteiger partial charge in [-0.05, 0) is 36.2 Å². The van der Waals surface area contributed by atoms with Gasteiger partial charge in [-0.25, -0.2) is 0 Å². The molecule has 0 bridgehead atoms. The van der Waals surface area contributed by atoms with E-state index in [1.807, 2.05) is 59.5 Å². The summed E-state index contributed by atoms with van der Waals surface area (Å²) in [5, 5.41) is 11.5. The van der Waals surface area contributed by atoms with Crippen molar-refractivity contribution in [1.29, 1.82) is 0 Å². The number of hydrogen-bond donors (Lipinski definition) is 1. The Morgan fingerprint density at radius 3 is 2.50 bits per heavy atom. The van der Waals surface area contributed by atoms with Gasteiger partial charge in [0.2, 0.25) is 17.7 Å². The molecule has 1 aromatic heterocycles. The number of aromatic nitrogens is 2. The van der Waals surface area contributed by atoms with Crippen molar-refractivity contribution in [1.82, 2.24) is 10.2 Å². The molecule has 4 rings (SSSR count). The summed E-state index contributed by atoms with van der Waals surface area (Å²) in [4.78, 5) is 13.6. The van der Waals surface area contributed by atoms with Crippen LogP contribution in [-0.4, -0.2) is 22.6 Å². The number of benzene rings is 2. The Kier molecular flexibility index (Phi) is 4.64. The van der Waals surface area contributed by atoms with Crippen molar-refractivity contribution < 1.29 is 9.21 Å². The first-order chi connectivity index (χ1) is 12.8. The predicted octanol–water partition coefficient (Wildman–Crippen LogP) is 3.40. The fourth-order valence-corrected chi connectivity index (χ4v) is 3.06. The molecule has 1 amide bonds. The first-order valence-electron chi connectivity index (χ1n) is 8.77. The molecule has 1 saturated heterocycles. The number of carbonyl (C=O) groups excluding carboxylic acids is 1. The second kappa shape index (κ2) is 7.39. The Morgan fingerprint density at radius 1 is 1.00 bits per heavy atom. The molecule has 1 fully saturated rings. The highest BCUT2D eigenvalue weighted by atomic mass is 16.4.